The summed E-state index contributed by atoms with van der Waals surface area (Å²) in [6.07, 6.45) is 3.41. The van der Waals surface area contributed by atoms with Crippen molar-refractivity contribution >= 4 is 23.2 Å². The van der Waals surface area contributed by atoms with Crippen molar-refractivity contribution in [2.75, 3.05) is 0 Å². The third kappa shape index (κ3) is 2.53. The van der Waals surface area contributed by atoms with Crippen molar-refractivity contribution in [3.63, 3.8) is 0 Å². The van der Waals surface area contributed by atoms with Crippen LogP contribution in [0.2, 0.25) is 10.0 Å². The smallest absolute Gasteiger partial charge is 0.0691 e. The van der Waals surface area contributed by atoms with Crippen molar-refractivity contribution in [1.29, 1.82) is 0 Å². The number of aliphatic hydroxyl groups is 1. The zero-order valence-electron chi connectivity index (χ0n) is 9.34. The SMILES string of the molecule is CC1CCC(O)(Cc2cccc(Cl)c2Cl)C1. The molecule has 1 aliphatic carbocycles. The normalized spacial score (nSPS) is 29.6. The van der Waals surface area contributed by atoms with Crippen molar-refractivity contribution in [1.82, 2.24) is 0 Å². The Morgan fingerprint density at radius 2 is 2.19 bits per heavy atom. The van der Waals surface area contributed by atoms with Gasteiger partial charge < -0.3 is 5.11 Å². The minimum atomic E-state index is -0.590. The van der Waals surface area contributed by atoms with Crippen LogP contribution in [0, 0.1) is 5.92 Å². The molecule has 88 valence electrons. The highest BCUT2D eigenvalue weighted by atomic mass is 35.5. The fraction of sp³-hybridized carbons (Fsp3) is 0.538. The quantitative estimate of drug-likeness (QED) is 0.848. The number of hydrogen-bond acceptors (Lipinski definition) is 1. The molecule has 3 heteroatoms. The molecule has 0 bridgehead atoms. The molecular formula is C13H16Cl2O. The van der Waals surface area contributed by atoms with Gasteiger partial charge in [0.2, 0.25) is 0 Å². The predicted molar refractivity (Wildman–Crippen MR) is 68.1 cm³/mol. The molecular weight excluding hydrogens is 243 g/mol. The standard InChI is InChI=1S/C13H16Cl2O/c1-9-5-6-13(16,7-9)8-10-3-2-4-11(14)12(10)15/h2-4,9,16H,5-8H2,1H3. The van der Waals surface area contributed by atoms with Crippen LogP contribution in [0.5, 0.6) is 0 Å². The zero-order valence-corrected chi connectivity index (χ0v) is 10.9. The summed E-state index contributed by atoms with van der Waals surface area (Å²) in [5, 5.41) is 11.6. The fourth-order valence-electron chi connectivity index (χ4n) is 2.57. The first-order valence-corrected chi connectivity index (χ1v) is 6.41. The van der Waals surface area contributed by atoms with E-state index >= 15 is 0 Å². The Morgan fingerprint density at radius 1 is 1.44 bits per heavy atom. The molecule has 1 aromatic carbocycles. The minimum absolute atomic E-state index is 0.564. The molecule has 2 atom stereocenters. The van der Waals surface area contributed by atoms with Crippen LogP contribution >= 0.6 is 23.2 Å². The van der Waals surface area contributed by atoms with Gasteiger partial charge in [-0.1, -0.05) is 42.3 Å². The molecule has 0 saturated heterocycles. The summed E-state index contributed by atoms with van der Waals surface area (Å²) in [6, 6.07) is 5.59. The summed E-state index contributed by atoms with van der Waals surface area (Å²) in [5.41, 5.74) is 0.360. The van der Waals surface area contributed by atoms with Crippen molar-refractivity contribution < 1.29 is 5.11 Å². The third-order valence-electron chi connectivity index (χ3n) is 3.38. The highest BCUT2D eigenvalue weighted by Gasteiger charge is 2.35. The third-order valence-corrected chi connectivity index (χ3v) is 4.24. The lowest BCUT2D eigenvalue weighted by Gasteiger charge is -2.23. The fourth-order valence-corrected chi connectivity index (χ4v) is 2.95. The highest BCUT2D eigenvalue weighted by Crippen LogP contribution is 2.38. The first kappa shape index (κ1) is 12.2. The Hall–Kier alpha value is -0.240. The van der Waals surface area contributed by atoms with Crippen LogP contribution < -0.4 is 0 Å². The molecule has 0 aliphatic heterocycles. The van der Waals surface area contributed by atoms with Gasteiger partial charge in [-0.3, -0.25) is 0 Å². The summed E-state index contributed by atoms with van der Waals surface area (Å²) in [4.78, 5) is 0. The topological polar surface area (TPSA) is 20.2 Å². The van der Waals surface area contributed by atoms with E-state index in [0.29, 0.717) is 22.4 Å². The molecule has 0 aromatic heterocycles. The van der Waals surface area contributed by atoms with Gasteiger partial charge in [-0.05, 0) is 36.8 Å². The van der Waals surface area contributed by atoms with Gasteiger partial charge in [0.1, 0.15) is 0 Å². The lowest BCUT2D eigenvalue weighted by Crippen LogP contribution is -2.27. The van der Waals surface area contributed by atoms with E-state index in [2.05, 4.69) is 6.92 Å². The molecule has 0 spiro atoms. The maximum Gasteiger partial charge on any atom is 0.0691 e. The van der Waals surface area contributed by atoms with Gasteiger partial charge in [0.05, 0.1) is 15.6 Å². The van der Waals surface area contributed by atoms with Crippen LogP contribution in [-0.4, -0.2) is 10.7 Å². The Kier molecular flexibility index (Phi) is 3.48. The molecule has 1 aliphatic rings. The van der Waals surface area contributed by atoms with Crippen molar-refractivity contribution in [3.8, 4) is 0 Å². The van der Waals surface area contributed by atoms with Crippen LogP contribution in [0.3, 0.4) is 0 Å². The monoisotopic (exact) mass is 258 g/mol. The maximum absolute atomic E-state index is 10.4. The van der Waals surface area contributed by atoms with E-state index in [9.17, 15) is 5.11 Å². The van der Waals surface area contributed by atoms with Crippen molar-refractivity contribution in [2.24, 2.45) is 5.92 Å². The van der Waals surface area contributed by atoms with E-state index in [1.807, 2.05) is 12.1 Å². The van der Waals surface area contributed by atoms with Crippen molar-refractivity contribution in [2.45, 2.75) is 38.2 Å². The Labute approximate surface area is 106 Å². The predicted octanol–water partition coefficient (Wildman–Crippen LogP) is 4.09. The molecule has 0 radical (unpaired) electrons. The lowest BCUT2D eigenvalue weighted by atomic mass is 9.92. The lowest BCUT2D eigenvalue weighted by molar-refractivity contribution is 0.0446. The van der Waals surface area contributed by atoms with Gasteiger partial charge >= 0.3 is 0 Å². The average molecular weight is 259 g/mol. The second kappa shape index (κ2) is 4.56. The Bertz CT molecular complexity index is 392. The molecule has 1 aromatic rings. The highest BCUT2D eigenvalue weighted by molar-refractivity contribution is 6.42. The Balaban J connectivity index is 2.18. The molecule has 16 heavy (non-hydrogen) atoms. The number of benzene rings is 1. The molecule has 2 unspecified atom stereocenters. The number of hydrogen-bond donors (Lipinski definition) is 1. The summed E-state index contributed by atoms with van der Waals surface area (Å²) < 4.78 is 0. The van der Waals surface area contributed by atoms with Gasteiger partial charge in [-0.2, -0.15) is 0 Å². The van der Waals surface area contributed by atoms with Crippen LogP contribution in [0.15, 0.2) is 18.2 Å². The van der Waals surface area contributed by atoms with E-state index in [0.717, 1.165) is 24.8 Å². The molecule has 0 amide bonds. The largest absolute Gasteiger partial charge is 0.390 e. The van der Waals surface area contributed by atoms with E-state index in [-0.39, 0.29) is 0 Å². The van der Waals surface area contributed by atoms with E-state index < -0.39 is 5.60 Å². The van der Waals surface area contributed by atoms with Gasteiger partial charge in [-0.25, -0.2) is 0 Å². The van der Waals surface area contributed by atoms with Gasteiger partial charge in [0.15, 0.2) is 0 Å². The summed E-state index contributed by atoms with van der Waals surface area (Å²) in [6.45, 7) is 2.18. The molecule has 1 nitrogen and oxygen atoms in total. The zero-order chi connectivity index (χ0) is 11.8. The first-order valence-electron chi connectivity index (χ1n) is 5.65. The first-order chi connectivity index (χ1) is 7.50. The molecule has 1 N–H and O–H groups in total. The second-order valence-electron chi connectivity index (χ2n) is 4.96. The van der Waals surface area contributed by atoms with Crippen LogP contribution in [0.25, 0.3) is 0 Å². The van der Waals surface area contributed by atoms with Crippen LogP contribution in [-0.2, 0) is 6.42 Å². The van der Waals surface area contributed by atoms with Crippen LogP contribution in [0.1, 0.15) is 31.7 Å². The molecule has 1 fully saturated rings. The molecule has 0 heterocycles. The number of halogens is 2. The second-order valence-corrected chi connectivity index (χ2v) is 5.75. The van der Waals surface area contributed by atoms with E-state index in [1.54, 1.807) is 6.07 Å². The summed E-state index contributed by atoms with van der Waals surface area (Å²) in [5.74, 6) is 0.600. The van der Waals surface area contributed by atoms with E-state index in [4.69, 9.17) is 23.2 Å². The van der Waals surface area contributed by atoms with E-state index in [1.165, 1.54) is 0 Å². The van der Waals surface area contributed by atoms with Gasteiger partial charge in [0.25, 0.3) is 0 Å². The molecule has 2 rings (SSSR count). The van der Waals surface area contributed by atoms with Crippen molar-refractivity contribution in [3.05, 3.63) is 33.8 Å². The summed E-state index contributed by atoms with van der Waals surface area (Å²) >= 11 is 12.1. The molecule has 1 saturated carbocycles. The van der Waals surface area contributed by atoms with Gasteiger partial charge in [-0.15, -0.1) is 0 Å². The average Bonchev–Trinajstić information content (AvgIpc) is 2.54. The minimum Gasteiger partial charge on any atom is -0.390 e. The van der Waals surface area contributed by atoms with Gasteiger partial charge in [0, 0.05) is 6.42 Å². The van der Waals surface area contributed by atoms with Crippen LogP contribution in [0.4, 0.5) is 0 Å². The summed E-state index contributed by atoms with van der Waals surface area (Å²) in [7, 11) is 0. The number of rotatable bonds is 2. The maximum atomic E-state index is 10.4. The Morgan fingerprint density at radius 3 is 2.81 bits per heavy atom.